The number of nitrogens with two attached hydrogens (primary N) is 1. The van der Waals surface area contributed by atoms with Crippen LogP contribution in [-0.4, -0.2) is 29.5 Å². The minimum absolute atomic E-state index is 0.454. The van der Waals surface area contributed by atoms with E-state index in [1.165, 1.54) is 24.1 Å². The molecular weight excluding hydrogens is 198 g/mol. The Morgan fingerprint density at radius 3 is 2.88 bits per heavy atom. The molecule has 1 aliphatic rings. The van der Waals surface area contributed by atoms with Gasteiger partial charge in [0.15, 0.2) is 0 Å². The van der Waals surface area contributed by atoms with Crippen LogP contribution in [0.5, 0.6) is 0 Å². The predicted molar refractivity (Wildman–Crippen MR) is 66.0 cm³/mol. The highest BCUT2D eigenvalue weighted by Gasteiger charge is 2.26. The van der Waals surface area contributed by atoms with Crippen LogP contribution >= 0.6 is 0 Å². The lowest BCUT2D eigenvalue weighted by molar-refractivity contribution is 0.177. The monoisotopic (exact) mass is 219 g/mol. The summed E-state index contributed by atoms with van der Waals surface area (Å²) in [5, 5.41) is 0. The molecule has 88 valence electrons. The van der Waals surface area contributed by atoms with Gasteiger partial charge in [0.05, 0.1) is 5.69 Å². The lowest BCUT2D eigenvalue weighted by Crippen LogP contribution is -2.41. The minimum atomic E-state index is 0.454. The van der Waals surface area contributed by atoms with E-state index in [0.29, 0.717) is 6.04 Å². The Morgan fingerprint density at radius 2 is 2.25 bits per heavy atom. The summed E-state index contributed by atoms with van der Waals surface area (Å²) in [4.78, 5) is 6.77. The molecule has 1 fully saturated rings. The fourth-order valence-electron chi connectivity index (χ4n) is 2.38. The summed E-state index contributed by atoms with van der Waals surface area (Å²) in [6, 6.07) is 4.56. The van der Waals surface area contributed by atoms with Crippen LogP contribution < -0.4 is 5.73 Å². The van der Waals surface area contributed by atoms with Crippen molar-refractivity contribution in [1.29, 1.82) is 0 Å². The molecule has 3 heteroatoms. The Hall–Kier alpha value is -0.930. The SMILES string of the molecule is Cc1cccnc1CN(C)CC1CC(N)C1. The van der Waals surface area contributed by atoms with Crippen LogP contribution in [0.15, 0.2) is 18.3 Å². The molecule has 0 aromatic carbocycles. The van der Waals surface area contributed by atoms with Crippen LogP contribution in [0.1, 0.15) is 24.1 Å². The van der Waals surface area contributed by atoms with E-state index in [-0.39, 0.29) is 0 Å². The van der Waals surface area contributed by atoms with E-state index in [4.69, 9.17) is 5.73 Å². The topological polar surface area (TPSA) is 42.2 Å². The molecule has 0 unspecified atom stereocenters. The van der Waals surface area contributed by atoms with Crippen LogP contribution in [-0.2, 0) is 6.54 Å². The molecular formula is C13H21N3. The molecule has 1 aromatic rings. The summed E-state index contributed by atoms with van der Waals surface area (Å²) in [6.07, 6.45) is 4.24. The zero-order chi connectivity index (χ0) is 11.5. The summed E-state index contributed by atoms with van der Waals surface area (Å²) in [5.41, 5.74) is 8.26. The average molecular weight is 219 g/mol. The van der Waals surface area contributed by atoms with Crippen LogP contribution in [0.4, 0.5) is 0 Å². The normalized spacial score (nSPS) is 24.5. The van der Waals surface area contributed by atoms with E-state index < -0.39 is 0 Å². The van der Waals surface area contributed by atoms with Crippen LogP contribution in [0, 0.1) is 12.8 Å². The highest BCUT2D eigenvalue weighted by molar-refractivity contribution is 5.17. The van der Waals surface area contributed by atoms with E-state index in [0.717, 1.165) is 19.0 Å². The lowest BCUT2D eigenvalue weighted by Gasteiger charge is -2.35. The Kier molecular flexibility index (Phi) is 3.56. The van der Waals surface area contributed by atoms with E-state index in [9.17, 15) is 0 Å². The van der Waals surface area contributed by atoms with Gasteiger partial charge in [-0.3, -0.25) is 4.98 Å². The van der Waals surface area contributed by atoms with Gasteiger partial charge in [-0.15, -0.1) is 0 Å². The highest BCUT2D eigenvalue weighted by Crippen LogP contribution is 2.26. The largest absolute Gasteiger partial charge is 0.328 e. The molecule has 0 radical (unpaired) electrons. The van der Waals surface area contributed by atoms with Gasteiger partial charge >= 0.3 is 0 Å². The third-order valence-electron chi connectivity index (χ3n) is 3.38. The first-order valence-electron chi connectivity index (χ1n) is 5.99. The Morgan fingerprint density at radius 1 is 1.50 bits per heavy atom. The number of aromatic nitrogens is 1. The molecule has 2 rings (SSSR count). The van der Waals surface area contributed by atoms with Crippen molar-refractivity contribution < 1.29 is 0 Å². The number of nitrogens with zero attached hydrogens (tertiary/aromatic N) is 2. The van der Waals surface area contributed by atoms with Crippen molar-refractivity contribution in [3.63, 3.8) is 0 Å². The second-order valence-electron chi connectivity index (χ2n) is 5.06. The second-order valence-corrected chi connectivity index (χ2v) is 5.06. The number of hydrogen-bond acceptors (Lipinski definition) is 3. The van der Waals surface area contributed by atoms with Crippen LogP contribution in [0.25, 0.3) is 0 Å². The first-order chi connectivity index (χ1) is 7.65. The van der Waals surface area contributed by atoms with Gasteiger partial charge in [0.2, 0.25) is 0 Å². The maximum atomic E-state index is 5.79. The molecule has 0 amide bonds. The summed E-state index contributed by atoms with van der Waals surface area (Å²) >= 11 is 0. The molecule has 1 aliphatic carbocycles. The van der Waals surface area contributed by atoms with Crippen molar-refractivity contribution in [2.75, 3.05) is 13.6 Å². The maximum Gasteiger partial charge on any atom is 0.0572 e. The first kappa shape index (κ1) is 11.6. The van der Waals surface area contributed by atoms with Crippen molar-refractivity contribution in [3.8, 4) is 0 Å². The molecule has 1 aromatic heterocycles. The highest BCUT2D eigenvalue weighted by atomic mass is 15.1. The molecule has 1 saturated carbocycles. The molecule has 0 spiro atoms. The van der Waals surface area contributed by atoms with Gasteiger partial charge in [-0.05, 0) is 44.4 Å². The number of rotatable bonds is 4. The van der Waals surface area contributed by atoms with E-state index in [1.54, 1.807) is 0 Å². The number of pyridine rings is 1. The van der Waals surface area contributed by atoms with Crippen molar-refractivity contribution in [1.82, 2.24) is 9.88 Å². The van der Waals surface area contributed by atoms with Crippen molar-refractivity contribution in [2.24, 2.45) is 11.7 Å². The number of aryl methyl sites for hydroxylation is 1. The summed E-state index contributed by atoms with van der Waals surface area (Å²) in [6.45, 7) is 4.21. The summed E-state index contributed by atoms with van der Waals surface area (Å²) < 4.78 is 0. The van der Waals surface area contributed by atoms with E-state index in [1.807, 2.05) is 12.3 Å². The Labute approximate surface area is 97.7 Å². The van der Waals surface area contributed by atoms with Gasteiger partial charge in [-0.25, -0.2) is 0 Å². The fraction of sp³-hybridized carbons (Fsp3) is 0.615. The molecule has 3 nitrogen and oxygen atoms in total. The van der Waals surface area contributed by atoms with E-state index in [2.05, 4.69) is 29.9 Å². The molecule has 16 heavy (non-hydrogen) atoms. The van der Waals surface area contributed by atoms with Gasteiger partial charge in [0.25, 0.3) is 0 Å². The molecule has 0 saturated heterocycles. The molecule has 0 atom stereocenters. The zero-order valence-electron chi connectivity index (χ0n) is 10.2. The predicted octanol–water partition coefficient (Wildman–Crippen LogP) is 1.56. The average Bonchev–Trinajstić information content (AvgIpc) is 2.19. The quantitative estimate of drug-likeness (QED) is 0.835. The third-order valence-corrected chi connectivity index (χ3v) is 3.38. The zero-order valence-corrected chi connectivity index (χ0v) is 10.2. The van der Waals surface area contributed by atoms with Crippen molar-refractivity contribution in [3.05, 3.63) is 29.6 Å². The first-order valence-corrected chi connectivity index (χ1v) is 5.99. The van der Waals surface area contributed by atoms with E-state index >= 15 is 0 Å². The fourth-order valence-corrected chi connectivity index (χ4v) is 2.38. The molecule has 1 heterocycles. The summed E-state index contributed by atoms with van der Waals surface area (Å²) in [5.74, 6) is 0.795. The van der Waals surface area contributed by atoms with Crippen molar-refractivity contribution >= 4 is 0 Å². The van der Waals surface area contributed by atoms with Crippen LogP contribution in [0.2, 0.25) is 0 Å². The minimum Gasteiger partial charge on any atom is -0.328 e. The smallest absolute Gasteiger partial charge is 0.0572 e. The Balaban J connectivity index is 1.83. The van der Waals surface area contributed by atoms with Crippen molar-refractivity contribution in [2.45, 2.75) is 32.4 Å². The summed E-state index contributed by atoms with van der Waals surface area (Å²) in [7, 11) is 2.16. The maximum absolute atomic E-state index is 5.79. The standard InChI is InChI=1S/C13H21N3/c1-10-4-3-5-15-13(10)9-16(2)8-11-6-12(14)7-11/h3-5,11-12H,6-9,14H2,1-2H3. The van der Waals surface area contributed by atoms with Gasteiger partial charge in [-0.2, -0.15) is 0 Å². The molecule has 2 N–H and O–H groups in total. The van der Waals surface area contributed by atoms with Gasteiger partial charge < -0.3 is 10.6 Å². The lowest BCUT2D eigenvalue weighted by atomic mass is 9.80. The second kappa shape index (κ2) is 4.93. The molecule has 0 bridgehead atoms. The Bertz CT molecular complexity index is 345. The van der Waals surface area contributed by atoms with Gasteiger partial charge in [0, 0.05) is 25.3 Å². The van der Waals surface area contributed by atoms with Gasteiger partial charge in [-0.1, -0.05) is 6.07 Å². The van der Waals surface area contributed by atoms with Crippen LogP contribution in [0.3, 0.4) is 0 Å². The third kappa shape index (κ3) is 2.80. The number of hydrogen-bond donors (Lipinski definition) is 1. The molecule has 0 aliphatic heterocycles. The van der Waals surface area contributed by atoms with Gasteiger partial charge in [0.1, 0.15) is 0 Å².